The smallest absolute Gasteiger partial charge is 0.296 e. The number of aromatic nitrogens is 1. The molecule has 5 heteroatoms. The Morgan fingerprint density at radius 1 is 1.03 bits per heavy atom. The lowest BCUT2D eigenvalue weighted by Crippen LogP contribution is -2.30. The molecule has 148 valence electrons. The quantitative estimate of drug-likeness (QED) is 0.499. The second-order valence-electron chi connectivity index (χ2n) is 7.53. The van der Waals surface area contributed by atoms with E-state index in [2.05, 4.69) is 11.9 Å². The maximum absolute atomic E-state index is 13.5. The van der Waals surface area contributed by atoms with E-state index in [0.717, 1.165) is 17.5 Å². The summed E-state index contributed by atoms with van der Waals surface area (Å²) in [6.07, 6.45) is 2.55. The molecule has 4 aromatic rings. The molecule has 1 aliphatic rings. The average molecular weight is 396 g/mol. The second-order valence-corrected chi connectivity index (χ2v) is 7.53. The third-order valence-corrected chi connectivity index (χ3v) is 5.63. The zero-order chi connectivity index (χ0) is 20.8. The summed E-state index contributed by atoms with van der Waals surface area (Å²) in [5.41, 5.74) is 3.61. The van der Waals surface area contributed by atoms with Crippen LogP contribution in [0.2, 0.25) is 0 Å². The molecule has 1 unspecified atom stereocenters. The Morgan fingerprint density at radius 3 is 2.53 bits per heavy atom. The number of amides is 1. The summed E-state index contributed by atoms with van der Waals surface area (Å²) >= 11 is 0. The topological polar surface area (TPSA) is 63.4 Å². The van der Waals surface area contributed by atoms with Gasteiger partial charge in [0.2, 0.25) is 5.76 Å². The zero-order valence-corrected chi connectivity index (χ0v) is 16.8. The first-order valence-corrected chi connectivity index (χ1v) is 9.99. The van der Waals surface area contributed by atoms with E-state index in [1.54, 1.807) is 29.3 Å². The summed E-state index contributed by atoms with van der Waals surface area (Å²) in [7, 11) is 0. The van der Waals surface area contributed by atoms with E-state index in [9.17, 15) is 9.59 Å². The largest absolute Gasteiger partial charge is 0.450 e. The Bertz CT molecular complexity index is 1320. The second kappa shape index (κ2) is 6.95. The van der Waals surface area contributed by atoms with Gasteiger partial charge in [-0.25, -0.2) is 4.98 Å². The molecule has 0 saturated carbocycles. The van der Waals surface area contributed by atoms with Gasteiger partial charge in [0.25, 0.3) is 5.91 Å². The molecule has 1 atom stereocenters. The van der Waals surface area contributed by atoms with Gasteiger partial charge in [0.1, 0.15) is 11.4 Å². The van der Waals surface area contributed by atoms with Gasteiger partial charge in [0.15, 0.2) is 5.43 Å². The third-order valence-electron chi connectivity index (χ3n) is 5.63. The number of anilines is 1. The van der Waals surface area contributed by atoms with Gasteiger partial charge in [0.05, 0.1) is 17.0 Å². The molecule has 0 fully saturated rings. The van der Waals surface area contributed by atoms with Crippen LogP contribution in [0.25, 0.3) is 11.0 Å². The minimum atomic E-state index is -0.588. The van der Waals surface area contributed by atoms with Crippen molar-refractivity contribution in [1.29, 1.82) is 0 Å². The molecule has 0 N–H and O–H groups in total. The molecule has 0 radical (unpaired) electrons. The molecule has 0 saturated heterocycles. The number of nitrogens with zero attached hydrogens (tertiary/aromatic N) is 2. The van der Waals surface area contributed by atoms with E-state index in [1.807, 2.05) is 49.4 Å². The molecule has 3 heterocycles. The first-order valence-electron chi connectivity index (χ1n) is 9.99. The molecule has 2 aromatic carbocycles. The van der Waals surface area contributed by atoms with E-state index >= 15 is 0 Å². The lowest BCUT2D eigenvalue weighted by atomic mass is 9.97. The highest BCUT2D eigenvalue weighted by Crippen LogP contribution is 2.40. The fraction of sp³-hybridized carbons (Fsp3) is 0.160. The molecular formula is C25H20N2O3. The highest BCUT2D eigenvalue weighted by atomic mass is 16.3. The van der Waals surface area contributed by atoms with Crippen LogP contribution in [0, 0.1) is 6.92 Å². The van der Waals surface area contributed by atoms with Crippen molar-refractivity contribution < 1.29 is 9.21 Å². The summed E-state index contributed by atoms with van der Waals surface area (Å²) in [6.45, 7) is 4.02. The summed E-state index contributed by atoms with van der Waals surface area (Å²) in [6, 6.07) is 18.2. The highest BCUT2D eigenvalue weighted by molar-refractivity contribution is 6.10. The predicted molar refractivity (Wildman–Crippen MR) is 116 cm³/mol. The number of fused-ring (bicyclic) bond motifs is 2. The first-order chi connectivity index (χ1) is 14.6. The van der Waals surface area contributed by atoms with E-state index in [-0.39, 0.29) is 17.1 Å². The van der Waals surface area contributed by atoms with E-state index in [1.165, 1.54) is 5.56 Å². The molecule has 0 aliphatic carbocycles. The molecule has 30 heavy (non-hydrogen) atoms. The average Bonchev–Trinajstić information content (AvgIpc) is 3.07. The normalized spacial score (nSPS) is 15.6. The SMILES string of the molecule is CCc1ccc(C2c3c(oc4ccc(C)cc4c3=O)C(=O)N2c2ccccn2)cc1. The van der Waals surface area contributed by atoms with E-state index < -0.39 is 6.04 Å². The van der Waals surface area contributed by atoms with Crippen LogP contribution in [0.15, 0.2) is 76.1 Å². The minimum absolute atomic E-state index is 0.0894. The van der Waals surface area contributed by atoms with E-state index in [0.29, 0.717) is 22.4 Å². The van der Waals surface area contributed by atoms with Crippen molar-refractivity contribution in [2.24, 2.45) is 0 Å². The predicted octanol–water partition coefficient (Wildman–Crippen LogP) is 4.81. The Labute approximate surface area is 173 Å². The molecular weight excluding hydrogens is 376 g/mol. The van der Waals surface area contributed by atoms with Crippen LogP contribution < -0.4 is 10.3 Å². The highest BCUT2D eigenvalue weighted by Gasteiger charge is 2.44. The van der Waals surface area contributed by atoms with Crippen LogP contribution >= 0.6 is 0 Å². The number of hydrogen-bond acceptors (Lipinski definition) is 4. The van der Waals surface area contributed by atoms with Gasteiger partial charge < -0.3 is 4.42 Å². The van der Waals surface area contributed by atoms with Crippen LogP contribution in [0.1, 0.15) is 45.8 Å². The number of hydrogen-bond donors (Lipinski definition) is 0. The Morgan fingerprint density at radius 2 is 1.83 bits per heavy atom. The van der Waals surface area contributed by atoms with Gasteiger partial charge in [-0.05, 0) is 48.7 Å². The van der Waals surface area contributed by atoms with Crippen molar-refractivity contribution in [3.05, 3.63) is 105 Å². The van der Waals surface area contributed by atoms with Crippen molar-refractivity contribution >= 4 is 22.7 Å². The van der Waals surface area contributed by atoms with Crippen LogP contribution in [0.3, 0.4) is 0 Å². The molecule has 5 nitrogen and oxygen atoms in total. The van der Waals surface area contributed by atoms with Crippen molar-refractivity contribution in [2.45, 2.75) is 26.3 Å². The third kappa shape index (κ3) is 2.74. The van der Waals surface area contributed by atoms with Gasteiger partial charge >= 0.3 is 0 Å². The van der Waals surface area contributed by atoms with Crippen LogP contribution in [0.5, 0.6) is 0 Å². The van der Waals surface area contributed by atoms with Crippen molar-refractivity contribution in [3.63, 3.8) is 0 Å². The summed E-state index contributed by atoms with van der Waals surface area (Å²) in [5.74, 6) is 0.220. The maximum Gasteiger partial charge on any atom is 0.296 e. The monoisotopic (exact) mass is 396 g/mol. The number of rotatable bonds is 3. The van der Waals surface area contributed by atoms with E-state index in [4.69, 9.17) is 4.42 Å². The number of pyridine rings is 1. The lowest BCUT2D eigenvalue weighted by molar-refractivity contribution is 0.0970. The minimum Gasteiger partial charge on any atom is -0.450 e. The first kappa shape index (κ1) is 18.3. The zero-order valence-electron chi connectivity index (χ0n) is 16.8. The summed E-state index contributed by atoms with van der Waals surface area (Å²) in [4.78, 5) is 32.9. The fourth-order valence-electron chi connectivity index (χ4n) is 4.07. The van der Waals surface area contributed by atoms with Gasteiger partial charge in [-0.15, -0.1) is 0 Å². The summed E-state index contributed by atoms with van der Waals surface area (Å²) < 4.78 is 5.98. The molecule has 1 aliphatic heterocycles. The molecule has 5 rings (SSSR count). The van der Waals surface area contributed by atoms with Crippen LogP contribution in [0.4, 0.5) is 5.82 Å². The van der Waals surface area contributed by atoms with Crippen molar-refractivity contribution in [2.75, 3.05) is 4.90 Å². The lowest BCUT2D eigenvalue weighted by Gasteiger charge is -2.24. The standard InChI is InChI=1S/C25H20N2O3/c1-3-16-8-10-17(11-9-16)22-21-23(28)18-14-15(2)7-12-19(18)30-24(21)25(29)27(22)20-6-4-5-13-26-20/h4-14,22H,3H2,1-2H3. The fourth-order valence-corrected chi connectivity index (χ4v) is 4.07. The van der Waals surface area contributed by atoms with Gasteiger partial charge in [-0.1, -0.05) is 48.9 Å². The van der Waals surface area contributed by atoms with Crippen LogP contribution in [-0.2, 0) is 6.42 Å². The molecule has 0 bridgehead atoms. The molecule has 2 aromatic heterocycles. The molecule has 0 spiro atoms. The number of aryl methyl sites for hydroxylation is 2. The number of carbonyl (C=O) groups excluding carboxylic acids is 1. The number of carbonyl (C=O) groups is 1. The maximum atomic E-state index is 13.5. The summed E-state index contributed by atoms with van der Waals surface area (Å²) in [5, 5.41) is 0.486. The van der Waals surface area contributed by atoms with Crippen LogP contribution in [-0.4, -0.2) is 10.9 Å². The number of benzene rings is 2. The molecule has 1 amide bonds. The van der Waals surface area contributed by atoms with Crippen molar-refractivity contribution in [1.82, 2.24) is 4.98 Å². The Balaban J connectivity index is 1.80. The Hall–Kier alpha value is -3.73. The van der Waals surface area contributed by atoms with Crippen molar-refractivity contribution in [3.8, 4) is 0 Å². The van der Waals surface area contributed by atoms with Gasteiger partial charge in [0, 0.05) is 6.20 Å². The van der Waals surface area contributed by atoms with Gasteiger partial charge in [-0.3, -0.25) is 14.5 Å². The van der Waals surface area contributed by atoms with Gasteiger partial charge in [-0.2, -0.15) is 0 Å². The Kier molecular flexibility index (Phi) is 4.24.